The van der Waals surface area contributed by atoms with Gasteiger partial charge in [0.2, 0.25) is 6.10 Å². The number of carbonyl (C=O) groups is 1. The summed E-state index contributed by atoms with van der Waals surface area (Å²) in [7, 11) is 0. The van der Waals surface area contributed by atoms with Crippen molar-refractivity contribution in [2.75, 3.05) is 11.9 Å². The summed E-state index contributed by atoms with van der Waals surface area (Å²) in [5.74, 6) is 0.124. The van der Waals surface area contributed by atoms with Crippen LogP contribution in [0.2, 0.25) is 0 Å². The summed E-state index contributed by atoms with van der Waals surface area (Å²) in [6.07, 6.45) is -0.794. The van der Waals surface area contributed by atoms with Crippen LogP contribution in [-0.2, 0) is 4.79 Å². The molecular weight excluding hydrogens is 206 g/mol. The lowest BCUT2D eigenvalue weighted by molar-refractivity contribution is -0.144. The number of aliphatic carboxylic acids is 1. The smallest absolute Gasteiger partial charge is 0.346 e. The molecule has 1 heterocycles. The molecule has 2 N–H and O–H groups in total. The number of hydrogen-bond acceptors (Lipinski definition) is 3. The van der Waals surface area contributed by atoms with Crippen molar-refractivity contribution >= 4 is 11.7 Å². The maximum absolute atomic E-state index is 10.8. The summed E-state index contributed by atoms with van der Waals surface area (Å²) < 4.78 is 5.37. The van der Waals surface area contributed by atoms with Crippen LogP contribution < -0.4 is 10.1 Å². The number of nitrogens with one attached hydrogen (secondary N) is 1. The zero-order valence-corrected chi connectivity index (χ0v) is 9.36. The van der Waals surface area contributed by atoms with E-state index >= 15 is 0 Å². The predicted octanol–water partition coefficient (Wildman–Crippen LogP) is 2.07. The number of ether oxygens (including phenoxy) is 1. The van der Waals surface area contributed by atoms with E-state index in [0.717, 1.165) is 5.69 Å². The van der Waals surface area contributed by atoms with E-state index in [9.17, 15) is 4.79 Å². The highest BCUT2D eigenvalue weighted by Crippen LogP contribution is 2.32. The van der Waals surface area contributed by atoms with Crippen LogP contribution in [-0.4, -0.2) is 23.7 Å². The zero-order chi connectivity index (χ0) is 11.7. The quantitative estimate of drug-likeness (QED) is 0.802. The highest BCUT2D eigenvalue weighted by atomic mass is 16.5. The van der Waals surface area contributed by atoms with Gasteiger partial charge >= 0.3 is 5.97 Å². The van der Waals surface area contributed by atoms with Crippen molar-refractivity contribution in [2.45, 2.75) is 25.9 Å². The molecule has 1 aliphatic heterocycles. The molecule has 1 atom stereocenters. The second-order valence-corrected chi connectivity index (χ2v) is 4.24. The van der Waals surface area contributed by atoms with Crippen LogP contribution in [0.25, 0.3) is 0 Å². The van der Waals surface area contributed by atoms with Gasteiger partial charge in [-0.15, -0.1) is 0 Å². The van der Waals surface area contributed by atoms with E-state index in [2.05, 4.69) is 19.2 Å². The van der Waals surface area contributed by atoms with Gasteiger partial charge in [0.25, 0.3) is 0 Å². The van der Waals surface area contributed by atoms with Crippen LogP contribution in [0.5, 0.6) is 5.75 Å². The molecular formula is C12H15NO3. The van der Waals surface area contributed by atoms with Crippen molar-refractivity contribution in [1.82, 2.24) is 0 Å². The minimum absolute atomic E-state index is 0.309. The molecule has 0 aliphatic carbocycles. The monoisotopic (exact) mass is 221 g/mol. The van der Waals surface area contributed by atoms with E-state index in [1.165, 1.54) is 5.56 Å². The number of benzene rings is 1. The molecule has 1 aromatic carbocycles. The van der Waals surface area contributed by atoms with E-state index in [1.54, 1.807) is 0 Å². The van der Waals surface area contributed by atoms with Gasteiger partial charge < -0.3 is 15.2 Å². The van der Waals surface area contributed by atoms with Gasteiger partial charge in [-0.25, -0.2) is 4.79 Å². The largest absolute Gasteiger partial charge is 0.478 e. The summed E-state index contributed by atoms with van der Waals surface area (Å²) in [5, 5.41) is 11.9. The molecule has 86 valence electrons. The first kappa shape index (κ1) is 10.8. The standard InChI is InChI=1S/C12H15NO3/c1-7(2)8-3-4-10-9(5-8)13-6-11(16-10)12(14)15/h3-5,7,11,13H,6H2,1-2H3,(H,14,15). The number of carboxylic acid groups (broad SMARTS) is 1. The molecule has 4 nitrogen and oxygen atoms in total. The molecule has 2 rings (SSSR count). The lowest BCUT2D eigenvalue weighted by Gasteiger charge is -2.25. The van der Waals surface area contributed by atoms with Gasteiger partial charge in [-0.2, -0.15) is 0 Å². The minimum atomic E-state index is -0.939. The second kappa shape index (κ2) is 4.04. The van der Waals surface area contributed by atoms with Gasteiger partial charge in [-0.05, 0) is 23.6 Å². The second-order valence-electron chi connectivity index (χ2n) is 4.24. The summed E-state index contributed by atoms with van der Waals surface area (Å²) in [4.78, 5) is 10.8. The molecule has 0 amide bonds. The predicted molar refractivity (Wildman–Crippen MR) is 61.1 cm³/mol. The van der Waals surface area contributed by atoms with Crippen LogP contribution in [0, 0.1) is 0 Å². The Hall–Kier alpha value is -1.71. The highest BCUT2D eigenvalue weighted by molar-refractivity contribution is 5.76. The summed E-state index contributed by atoms with van der Waals surface area (Å²) >= 11 is 0. The molecule has 1 unspecified atom stereocenters. The third-order valence-corrected chi connectivity index (χ3v) is 2.69. The molecule has 0 saturated carbocycles. The van der Waals surface area contributed by atoms with Gasteiger partial charge in [-0.3, -0.25) is 0 Å². The van der Waals surface area contributed by atoms with Crippen molar-refractivity contribution in [3.63, 3.8) is 0 Å². The average Bonchev–Trinajstić information content (AvgIpc) is 2.27. The van der Waals surface area contributed by atoms with Crippen LogP contribution in [0.4, 0.5) is 5.69 Å². The van der Waals surface area contributed by atoms with E-state index in [1.807, 2.05) is 18.2 Å². The Bertz CT molecular complexity index is 415. The maximum Gasteiger partial charge on any atom is 0.346 e. The fourth-order valence-corrected chi connectivity index (χ4v) is 1.68. The molecule has 1 aromatic rings. The Morgan fingerprint density at radius 3 is 2.94 bits per heavy atom. The van der Waals surface area contributed by atoms with Crippen LogP contribution in [0.3, 0.4) is 0 Å². The van der Waals surface area contributed by atoms with Crippen molar-refractivity contribution in [1.29, 1.82) is 0 Å². The molecule has 4 heteroatoms. The van der Waals surface area contributed by atoms with Crippen LogP contribution >= 0.6 is 0 Å². The summed E-state index contributed by atoms with van der Waals surface area (Å²) in [6, 6.07) is 5.81. The molecule has 0 radical (unpaired) electrons. The molecule has 0 fully saturated rings. The van der Waals surface area contributed by atoms with Crippen molar-refractivity contribution < 1.29 is 14.6 Å². The van der Waals surface area contributed by atoms with Crippen LogP contribution in [0.15, 0.2) is 18.2 Å². The molecule has 0 aromatic heterocycles. The lowest BCUT2D eigenvalue weighted by Crippen LogP contribution is -2.37. The lowest BCUT2D eigenvalue weighted by atomic mass is 10.0. The van der Waals surface area contributed by atoms with Crippen molar-refractivity contribution in [3.05, 3.63) is 23.8 Å². The number of fused-ring (bicyclic) bond motifs is 1. The maximum atomic E-state index is 10.8. The Morgan fingerprint density at radius 1 is 1.56 bits per heavy atom. The fraction of sp³-hybridized carbons (Fsp3) is 0.417. The summed E-state index contributed by atoms with van der Waals surface area (Å²) in [6.45, 7) is 4.54. The van der Waals surface area contributed by atoms with E-state index in [0.29, 0.717) is 18.2 Å². The Balaban J connectivity index is 2.25. The molecule has 0 spiro atoms. The molecule has 0 bridgehead atoms. The van der Waals surface area contributed by atoms with Crippen molar-refractivity contribution in [3.8, 4) is 5.75 Å². The fourth-order valence-electron chi connectivity index (χ4n) is 1.68. The van der Waals surface area contributed by atoms with Gasteiger partial charge in [0.15, 0.2) is 0 Å². The van der Waals surface area contributed by atoms with E-state index < -0.39 is 12.1 Å². The first-order valence-electron chi connectivity index (χ1n) is 5.35. The number of rotatable bonds is 2. The number of anilines is 1. The number of hydrogen-bond donors (Lipinski definition) is 2. The van der Waals surface area contributed by atoms with Gasteiger partial charge in [0, 0.05) is 0 Å². The van der Waals surface area contributed by atoms with Crippen LogP contribution in [0.1, 0.15) is 25.3 Å². The average molecular weight is 221 g/mol. The molecule has 16 heavy (non-hydrogen) atoms. The van der Waals surface area contributed by atoms with Gasteiger partial charge in [0.05, 0.1) is 12.2 Å². The zero-order valence-electron chi connectivity index (χ0n) is 9.36. The minimum Gasteiger partial charge on any atom is -0.478 e. The molecule has 1 aliphatic rings. The van der Waals surface area contributed by atoms with Crippen molar-refractivity contribution in [2.24, 2.45) is 0 Å². The highest BCUT2D eigenvalue weighted by Gasteiger charge is 2.25. The SMILES string of the molecule is CC(C)c1ccc2c(c1)NCC(C(=O)O)O2. The summed E-state index contributed by atoms with van der Waals surface area (Å²) in [5.41, 5.74) is 2.09. The third-order valence-electron chi connectivity index (χ3n) is 2.69. The van der Waals surface area contributed by atoms with E-state index in [4.69, 9.17) is 9.84 Å². The first-order valence-corrected chi connectivity index (χ1v) is 5.35. The van der Waals surface area contributed by atoms with Gasteiger partial charge in [-0.1, -0.05) is 19.9 Å². The normalized spacial score (nSPS) is 18.6. The number of carboxylic acids is 1. The van der Waals surface area contributed by atoms with E-state index in [-0.39, 0.29) is 0 Å². The first-order chi connectivity index (χ1) is 7.58. The van der Waals surface area contributed by atoms with Gasteiger partial charge in [0.1, 0.15) is 5.75 Å². The molecule has 0 saturated heterocycles. The Labute approximate surface area is 94.2 Å². The third kappa shape index (κ3) is 1.96. The topological polar surface area (TPSA) is 58.6 Å². The Morgan fingerprint density at radius 2 is 2.31 bits per heavy atom. The Kier molecular flexibility index (Phi) is 2.73.